The van der Waals surface area contributed by atoms with Crippen LogP contribution in [-0.4, -0.2) is 30.0 Å². The normalized spacial score (nSPS) is 23.0. The van der Waals surface area contributed by atoms with E-state index < -0.39 is 18.2 Å². The van der Waals surface area contributed by atoms with Gasteiger partial charge in [0.2, 0.25) is 0 Å². The van der Waals surface area contributed by atoms with Gasteiger partial charge in [-0.3, -0.25) is 0 Å². The third-order valence-electron chi connectivity index (χ3n) is 3.80. The maximum Gasteiger partial charge on any atom is 0.389 e. The summed E-state index contributed by atoms with van der Waals surface area (Å²) in [4.78, 5) is 0. The van der Waals surface area contributed by atoms with E-state index in [1.807, 2.05) is 0 Å². The topological polar surface area (TPSA) is 32.3 Å². The monoisotopic (exact) mass is 267 g/mol. The molecular formula is C13H24F3NO. The molecule has 5 heteroatoms. The van der Waals surface area contributed by atoms with Gasteiger partial charge in [0.1, 0.15) is 0 Å². The zero-order chi connectivity index (χ0) is 13.9. The summed E-state index contributed by atoms with van der Waals surface area (Å²) in [7, 11) is 0. The second-order valence-corrected chi connectivity index (χ2v) is 6.28. The highest BCUT2D eigenvalue weighted by atomic mass is 19.4. The maximum absolute atomic E-state index is 11.9. The average molecular weight is 267 g/mol. The minimum absolute atomic E-state index is 0.0745. The second kappa shape index (κ2) is 5.78. The molecule has 1 aliphatic carbocycles. The molecule has 18 heavy (non-hydrogen) atoms. The lowest BCUT2D eigenvalue weighted by Crippen LogP contribution is -2.45. The van der Waals surface area contributed by atoms with Gasteiger partial charge in [-0.2, -0.15) is 13.2 Å². The number of alkyl halides is 3. The van der Waals surface area contributed by atoms with Gasteiger partial charge in [0.15, 0.2) is 0 Å². The Hall–Kier alpha value is -0.290. The highest BCUT2D eigenvalue weighted by Crippen LogP contribution is 2.39. The lowest BCUT2D eigenvalue weighted by molar-refractivity contribution is -0.135. The Balaban J connectivity index is 2.16. The van der Waals surface area contributed by atoms with Crippen LogP contribution < -0.4 is 5.32 Å². The van der Waals surface area contributed by atoms with Crippen LogP contribution in [0.15, 0.2) is 0 Å². The minimum atomic E-state index is -4.08. The molecule has 1 fully saturated rings. The molecule has 0 spiro atoms. The zero-order valence-electron chi connectivity index (χ0n) is 11.2. The Kier molecular flexibility index (Phi) is 5.06. The molecule has 0 bridgehead atoms. The number of hydrogen-bond donors (Lipinski definition) is 2. The number of halogens is 3. The highest BCUT2D eigenvalue weighted by molar-refractivity contribution is 4.90. The molecule has 0 radical (unpaired) electrons. The standard InChI is InChI=1S/C13H24F3NO/c1-11(2)5-7-12(18,8-6-11)10-17-9-3-4-13(14,15)16/h17-18H,3-10H2,1-2H3. The minimum Gasteiger partial charge on any atom is -0.389 e. The summed E-state index contributed by atoms with van der Waals surface area (Å²) in [5, 5.41) is 13.2. The molecule has 2 nitrogen and oxygen atoms in total. The van der Waals surface area contributed by atoms with Crippen molar-refractivity contribution in [2.24, 2.45) is 5.41 Å². The van der Waals surface area contributed by atoms with Gasteiger partial charge in [0.25, 0.3) is 0 Å². The van der Waals surface area contributed by atoms with E-state index in [1.54, 1.807) is 0 Å². The SMILES string of the molecule is CC1(C)CCC(O)(CNCCCC(F)(F)F)CC1. The lowest BCUT2D eigenvalue weighted by atomic mass is 9.71. The Morgan fingerprint density at radius 3 is 2.17 bits per heavy atom. The molecule has 0 unspecified atom stereocenters. The molecule has 0 aromatic heterocycles. The van der Waals surface area contributed by atoms with E-state index in [9.17, 15) is 18.3 Å². The lowest BCUT2D eigenvalue weighted by Gasteiger charge is -2.40. The molecule has 2 N–H and O–H groups in total. The molecule has 0 atom stereocenters. The van der Waals surface area contributed by atoms with Crippen molar-refractivity contribution in [3.63, 3.8) is 0 Å². The van der Waals surface area contributed by atoms with Crippen LogP contribution in [0.2, 0.25) is 0 Å². The highest BCUT2D eigenvalue weighted by Gasteiger charge is 2.36. The third kappa shape index (κ3) is 6.05. The smallest absolute Gasteiger partial charge is 0.389 e. The van der Waals surface area contributed by atoms with Crippen LogP contribution in [0.1, 0.15) is 52.4 Å². The van der Waals surface area contributed by atoms with Gasteiger partial charge in [0, 0.05) is 13.0 Å². The first-order chi connectivity index (χ1) is 8.12. The molecule has 1 aliphatic rings. The summed E-state index contributed by atoms with van der Waals surface area (Å²) in [5.74, 6) is 0. The first kappa shape index (κ1) is 15.8. The van der Waals surface area contributed by atoms with E-state index in [-0.39, 0.29) is 11.8 Å². The average Bonchev–Trinajstić information content (AvgIpc) is 2.21. The summed E-state index contributed by atoms with van der Waals surface area (Å²) in [6, 6.07) is 0. The van der Waals surface area contributed by atoms with E-state index in [0.29, 0.717) is 13.1 Å². The van der Waals surface area contributed by atoms with Crippen LogP contribution in [0, 0.1) is 5.41 Å². The van der Waals surface area contributed by atoms with Crippen LogP contribution in [0.3, 0.4) is 0 Å². The molecule has 108 valence electrons. The molecule has 0 aromatic carbocycles. The van der Waals surface area contributed by atoms with E-state index in [0.717, 1.165) is 25.7 Å². The zero-order valence-corrected chi connectivity index (χ0v) is 11.2. The Labute approximate surface area is 107 Å². The van der Waals surface area contributed by atoms with Gasteiger partial charge in [-0.1, -0.05) is 13.8 Å². The maximum atomic E-state index is 11.9. The predicted octanol–water partition coefficient (Wildman–Crippen LogP) is 3.25. The van der Waals surface area contributed by atoms with Crippen LogP contribution in [0.5, 0.6) is 0 Å². The first-order valence-electron chi connectivity index (χ1n) is 6.62. The Bertz CT molecular complexity index is 253. The van der Waals surface area contributed by atoms with Crippen molar-refractivity contribution in [2.45, 2.75) is 64.1 Å². The molecule has 1 saturated carbocycles. The van der Waals surface area contributed by atoms with Gasteiger partial charge >= 0.3 is 6.18 Å². The van der Waals surface area contributed by atoms with Crippen molar-refractivity contribution < 1.29 is 18.3 Å². The summed E-state index contributed by atoms with van der Waals surface area (Å²) < 4.78 is 35.8. The largest absolute Gasteiger partial charge is 0.389 e. The third-order valence-corrected chi connectivity index (χ3v) is 3.80. The molecule has 0 aromatic rings. The fourth-order valence-corrected chi connectivity index (χ4v) is 2.30. The van der Waals surface area contributed by atoms with Crippen LogP contribution in [0.25, 0.3) is 0 Å². The molecular weight excluding hydrogens is 243 g/mol. The van der Waals surface area contributed by atoms with Gasteiger partial charge in [-0.05, 0) is 44.1 Å². The summed E-state index contributed by atoms with van der Waals surface area (Å²) >= 11 is 0. The van der Waals surface area contributed by atoms with E-state index >= 15 is 0 Å². The number of aliphatic hydroxyl groups is 1. The van der Waals surface area contributed by atoms with Gasteiger partial charge in [-0.15, -0.1) is 0 Å². The van der Waals surface area contributed by atoms with Gasteiger partial charge < -0.3 is 10.4 Å². The number of nitrogens with one attached hydrogen (secondary N) is 1. The van der Waals surface area contributed by atoms with Crippen molar-refractivity contribution in [2.75, 3.05) is 13.1 Å². The van der Waals surface area contributed by atoms with E-state index in [1.165, 1.54) is 0 Å². The van der Waals surface area contributed by atoms with Crippen molar-refractivity contribution in [1.82, 2.24) is 5.32 Å². The molecule has 0 heterocycles. The number of rotatable bonds is 5. The molecule has 1 rings (SSSR count). The Morgan fingerprint density at radius 2 is 1.67 bits per heavy atom. The van der Waals surface area contributed by atoms with Gasteiger partial charge in [-0.25, -0.2) is 0 Å². The van der Waals surface area contributed by atoms with Crippen LogP contribution >= 0.6 is 0 Å². The van der Waals surface area contributed by atoms with Crippen molar-refractivity contribution >= 4 is 0 Å². The molecule has 0 aliphatic heterocycles. The summed E-state index contributed by atoms with van der Waals surface area (Å²) in [6.45, 7) is 5.08. The number of hydrogen-bond acceptors (Lipinski definition) is 2. The molecule has 0 amide bonds. The fourth-order valence-electron chi connectivity index (χ4n) is 2.30. The summed E-state index contributed by atoms with van der Waals surface area (Å²) in [5.41, 5.74) is -0.448. The van der Waals surface area contributed by atoms with Crippen LogP contribution in [-0.2, 0) is 0 Å². The van der Waals surface area contributed by atoms with Crippen LogP contribution in [0.4, 0.5) is 13.2 Å². The quantitative estimate of drug-likeness (QED) is 0.749. The summed E-state index contributed by atoms with van der Waals surface area (Å²) in [6.07, 6.45) is -1.37. The van der Waals surface area contributed by atoms with Crippen molar-refractivity contribution in [3.05, 3.63) is 0 Å². The van der Waals surface area contributed by atoms with Crippen molar-refractivity contribution in [3.8, 4) is 0 Å². The fraction of sp³-hybridized carbons (Fsp3) is 1.00. The van der Waals surface area contributed by atoms with E-state index in [2.05, 4.69) is 19.2 Å². The molecule has 0 saturated heterocycles. The van der Waals surface area contributed by atoms with Gasteiger partial charge in [0.05, 0.1) is 5.60 Å². The second-order valence-electron chi connectivity index (χ2n) is 6.28. The Morgan fingerprint density at radius 1 is 1.11 bits per heavy atom. The van der Waals surface area contributed by atoms with E-state index in [4.69, 9.17) is 0 Å². The first-order valence-corrected chi connectivity index (χ1v) is 6.62. The predicted molar refractivity (Wildman–Crippen MR) is 65.4 cm³/mol. The van der Waals surface area contributed by atoms with Crippen molar-refractivity contribution in [1.29, 1.82) is 0 Å².